The third-order valence-electron chi connectivity index (χ3n) is 8.47. The molecule has 1 aromatic heterocycles. The SMILES string of the molecule is CC(C)(C)c1cc(C(C)(C)C)c(P=Cc2ccc(C=Pc3c(C(C)(C)C)cc(C(C)(C)C)cc3C(C)(C)C)o2)c(C(C)(C)C)c1. The zero-order chi connectivity index (χ0) is 34.6. The average Bonchev–Trinajstić information content (AvgIpc) is 3.29. The molecule has 1 heterocycles. The van der Waals surface area contributed by atoms with Crippen LogP contribution in [0.15, 0.2) is 40.8 Å². The van der Waals surface area contributed by atoms with Crippen LogP contribution < -0.4 is 10.6 Å². The zero-order valence-electron chi connectivity index (χ0n) is 31.9. The molecule has 3 rings (SSSR count). The topological polar surface area (TPSA) is 13.1 Å². The number of hydrogen-bond acceptors (Lipinski definition) is 1. The molecule has 0 aliphatic carbocycles. The third-order valence-corrected chi connectivity index (χ3v) is 10.7. The average molecular weight is 645 g/mol. The Morgan fingerprint density at radius 2 is 0.644 bits per heavy atom. The maximum atomic E-state index is 6.46. The van der Waals surface area contributed by atoms with Crippen LogP contribution in [0.1, 0.15) is 170 Å². The Morgan fingerprint density at radius 1 is 0.400 bits per heavy atom. The first-order chi connectivity index (χ1) is 20.1. The fraction of sp³-hybridized carbons (Fsp3) is 0.571. The molecule has 246 valence electrons. The van der Waals surface area contributed by atoms with Gasteiger partial charge >= 0.3 is 0 Å². The van der Waals surface area contributed by atoms with Gasteiger partial charge in [0.1, 0.15) is 11.5 Å². The van der Waals surface area contributed by atoms with E-state index in [-0.39, 0.29) is 32.5 Å². The van der Waals surface area contributed by atoms with E-state index in [1.807, 2.05) is 0 Å². The van der Waals surface area contributed by atoms with Crippen LogP contribution in [-0.4, -0.2) is 11.6 Å². The molecule has 3 aromatic rings. The molecular weight excluding hydrogens is 582 g/mol. The smallest absolute Gasteiger partial charge is 0.132 e. The van der Waals surface area contributed by atoms with Crippen molar-refractivity contribution in [3.05, 3.63) is 81.3 Å². The molecule has 3 heteroatoms. The van der Waals surface area contributed by atoms with E-state index in [0.717, 1.165) is 11.5 Å². The molecule has 1 nitrogen and oxygen atoms in total. The van der Waals surface area contributed by atoms with Gasteiger partial charge in [-0.1, -0.05) is 165 Å². The molecule has 0 aliphatic heterocycles. The van der Waals surface area contributed by atoms with E-state index >= 15 is 0 Å². The summed E-state index contributed by atoms with van der Waals surface area (Å²) in [6, 6.07) is 14.1. The second-order valence-electron chi connectivity index (χ2n) is 19.1. The number of benzene rings is 2. The molecule has 0 N–H and O–H groups in total. The molecule has 0 saturated heterocycles. The highest BCUT2D eigenvalue weighted by Gasteiger charge is 2.30. The van der Waals surface area contributed by atoms with Gasteiger partial charge in [0.2, 0.25) is 0 Å². The van der Waals surface area contributed by atoms with E-state index in [4.69, 9.17) is 4.42 Å². The molecule has 2 aromatic carbocycles. The van der Waals surface area contributed by atoms with Crippen LogP contribution in [-0.2, 0) is 32.5 Å². The summed E-state index contributed by atoms with van der Waals surface area (Å²) in [5, 5.41) is 2.82. The van der Waals surface area contributed by atoms with Crippen molar-refractivity contribution >= 4 is 38.6 Å². The summed E-state index contributed by atoms with van der Waals surface area (Å²) in [5.74, 6) is 6.36. The molecule has 0 aliphatic rings. The second kappa shape index (κ2) is 12.6. The van der Waals surface area contributed by atoms with Gasteiger partial charge in [-0.25, -0.2) is 0 Å². The summed E-state index contributed by atoms with van der Waals surface area (Å²) >= 11 is 0. The number of rotatable bonds is 4. The first-order valence-corrected chi connectivity index (χ1v) is 18.6. The van der Waals surface area contributed by atoms with Crippen LogP contribution in [0.3, 0.4) is 0 Å². The summed E-state index contributed by atoms with van der Waals surface area (Å²) in [5.41, 5.74) is 8.87. The fourth-order valence-electron chi connectivity index (χ4n) is 5.46. The highest BCUT2D eigenvalue weighted by atomic mass is 31.1. The van der Waals surface area contributed by atoms with Gasteiger partial charge in [-0.05, 0) is 78.0 Å². The number of hydrogen-bond donors (Lipinski definition) is 0. The monoisotopic (exact) mass is 644 g/mol. The van der Waals surface area contributed by atoms with Gasteiger partial charge in [0, 0.05) is 22.2 Å². The van der Waals surface area contributed by atoms with Crippen molar-refractivity contribution in [1.29, 1.82) is 0 Å². The lowest BCUT2D eigenvalue weighted by Gasteiger charge is -2.32. The zero-order valence-corrected chi connectivity index (χ0v) is 33.7. The van der Waals surface area contributed by atoms with E-state index in [1.165, 1.54) is 60.4 Å². The normalized spacial score (nSPS) is 14.3. The Kier molecular flexibility index (Phi) is 10.5. The summed E-state index contributed by atoms with van der Waals surface area (Å²) in [6.45, 7) is 42.0. The minimum Gasteiger partial charge on any atom is -0.457 e. The van der Waals surface area contributed by atoms with Crippen LogP contribution in [0.4, 0.5) is 0 Å². The van der Waals surface area contributed by atoms with Gasteiger partial charge in [0.05, 0.1) is 0 Å². The molecular formula is C42H62OP2. The molecule has 0 fully saturated rings. The quantitative estimate of drug-likeness (QED) is 0.258. The second-order valence-corrected chi connectivity index (χ2v) is 21.0. The Bertz CT molecular complexity index is 1380. The van der Waals surface area contributed by atoms with Crippen molar-refractivity contribution in [3.8, 4) is 0 Å². The molecule has 0 amide bonds. The van der Waals surface area contributed by atoms with Crippen molar-refractivity contribution in [2.45, 2.75) is 157 Å². The van der Waals surface area contributed by atoms with Crippen LogP contribution in [0.25, 0.3) is 0 Å². The van der Waals surface area contributed by atoms with E-state index in [1.54, 1.807) is 0 Å². The standard InChI is InChI=1S/C42H62OP2/c1-37(2,3)27-21-31(39(7,8)9)35(32(22-27)40(10,11)12)44-25-29-19-20-30(43-29)26-45-36-33(41(13,14)15)23-28(38(4,5)6)24-34(36)42(16,17)18/h19-26H,1-18H3. The predicted octanol–water partition coefficient (Wildman–Crippen LogP) is 11.9. The lowest BCUT2D eigenvalue weighted by molar-refractivity contribution is 0.553. The van der Waals surface area contributed by atoms with Crippen LogP contribution in [0.5, 0.6) is 0 Å². The first-order valence-electron chi connectivity index (χ1n) is 16.7. The van der Waals surface area contributed by atoms with Crippen LogP contribution in [0.2, 0.25) is 0 Å². The Hall–Kier alpha value is -1.94. The van der Waals surface area contributed by atoms with Gasteiger partial charge in [0.15, 0.2) is 0 Å². The van der Waals surface area contributed by atoms with E-state index in [0.29, 0.717) is 0 Å². The van der Waals surface area contributed by atoms with Gasteiger partial charge in [-0.2, -0.15) is 0 Å². The summed E-state index contributed by atoms with van der Waals surface area (Å²) < 4.78 is 6.46. The van der Waals surface area contributed by atoms with Gasteiger partial charge in [0.25, 0.3) is 0 Å². The Labute approximate surface area is 280 Å². The van der Waals surface area contributed by atoms with Crippen molar-refractivity contribution in [2.24, 2.45) is 0 Å². The predicted molar refractivity (Wildman–Crippen MR) is 207 cm³/mol. The third kappa shape index (κ3) is 9.33. The molecule has 0 bridgehead atoms. The summed E-state index contributed by atoms with van der Waals surface area (Å²) in [6.07, 6.45) is 0. The molecule has 0 spiro atoms. The highest BCUT2D eigenvalue weighted by molar-refractivity contribution is 7.48. The molecule has 0 radical (unpaired) electrons. The maximum Gasteiger partial charge on any atom is 0.132 e. The lowest BCUT2D eigenvalue weighted by atomic mass is 9.75. The summed E-state index contributed by atoms with van der Waals surface area (Å²) in [4.78, 5) is 0. The van der Waals surface area contributed by atoms with E-state index in [9.17, 15) is 0 Å². The minimum atomic E-state index is 0.0382. The van der Waals surface area contributed by atoms with Crippen LogP contribution >= 0.6 is 16.4 Å². The van der Waals surface area contributed by atoms with Crippen molar-refractivity contribution < 1.29 is 4.42 Å². The number of furan rings is 1. The van der Waals surface area contributed by atoms with E-state index < -0.39 is 0 Å². The minimum absolute atomic E-state index is 0.0382. The van der Waals surface area contributed by atoms with Crippen molar-refractivity contribution in [1.82, 2.24) is 0 Å². The molecule has 45 heavy (non-hydrogen) atoms. The highest BCUT2D eigenvalue weighted by Crippen LogP contribution is 2.37. The van der Waals surface area contributed by atoms with Crippen LogP contribution in [0, 0.1) is 0 Å². The summed E-state index contributed by atoms with van der Waals surface area (Å²) in [7, 11) is 2.34. The molecule has 0 unspecified atom stereocenters. The Morgan fingerprint density at radius 3 is 0.844 bits per heavy atom. The fourth-order valence-corrected chi connectivity index (χ4v) is 8.41. The first kappa shape index (κ1) is 37.5. The van der Waals surface area contributed by atoms with E-state index in [2.05, 4.69) is 173 Å². The molecule has 0 saturated carbocycles. The lowest BCUT2D eigenvalue weighted by Crippen LogP contribution is -2.29. The largest absolute Gasteiger partial charge is 0.457 e. The van der Waals surface area contributed by atoms with Gasteiger partial charge in [-0.3, -0.25) is 0 Å². The van der Waals surface area contributed by atoms with Gasteiger partial charge in [-0.15, -0.1) is 0 Å². The maximum absolute atomic E-state index is 6.46. The molecule has 0 atom stereocenters. The Balaban J connectivity index is 2.12. The van der Waals surface area contributed by atoms with Crippen molar-refractivity contribution in [3.63, 3.8) is 0 Å². The van der Waals surface area contributed by atoms with Crippen molar-refractivity contribution in [2.75, 3.05) is 0 Å². The van der Waals surface area contributed by atoms with Gasteiger partial charge < -0.3 is 4.42 Å².